The van der Waals surface area contributed by atoms with Crippen LogP contribution in [0.1, 0.15) is 0 Å². The molecule has 7 heteroatoms. The highest BCUT2D eigenvalue weighted by atomic mass is 35.5. The van der Waals surface area contributed by atoms with Crippen molar-refractivity contribution in [3.63, 3.8) is 0 Å². The number of halogens is 2. The Hall–Kier alpha value is -1.07. The van der Waals surface area contributed by atoms with Gasteiger partial charge in [0.05, 0.1) is 0 Å². The molecule has 0 aliphatic carbocycles. The molecule has 0 aliphatic heterocycles. The van der Waals surface area contributed by atoms with E-state index in [2.05, 4.69) is 15.3 Å². The van der Waals surface area contributed by atoms with Crippen LogP contribution in [0.5, 0.6) is 0 Å². The van der Waals surface area contributed by atoms with Crippen LogP contribution in [-0.4, -0.2) is 11.4 Å². The molecule has 0 unspecified atom stereocenters. The fourth-order valence-corrected chi connectivity index (χ4v) is 1.17. The highest BCUT2D eigenvalue weighted by molar-refractivity contribution is 6.37. The second-order valence-corrected chi connectivity index (χ2v) is 2.60. The van der Waals surface area contributed by atoms with Crippen LogP contribution in [0.25, 0.3) is 0 Å². The van der Waals surface area contributed by atoms with E-state index in [0.29, 0.717) is 6.41 Å². The average Bonchev–Trinajstić information content (AvgIpc) is 1.96. The van der Waals surface area contributed by atoms with E-state index in [4.69, 9.17) is 28.9 Å². The molecule has 4 N–H and O–H groups in total. The zero-order valence-electron chi connectivity index (χ0n) is 5.77. The molecule has 12 heavy (non-hydrogen) atoms. The number of aromatic nitrogens is 2. The van der Waals surface area contributed by atoms with Gasteiger partial charge in [0.25, 0.3) is 0 Å². The molecule has 1 heterocycles. The standard InChI is InChI=1S/C5H4Cl2N4O/c6-3-2(9-1-12)4(7)11-5(8)10-3/h1H,(H,9,12)(H2,8,10,11)/p+1. The predicted molar refractivity (Wildman–Crippen MR) is 44.9 cm³/mol. The Morgan fingerprint density at radius 2 is 2.25 bits per heavy atom. The highest BCUT2D eigenvalue weighted by Gasteiger charge is 2.14. The second kappa shape index (κ2) is 3.55. The van der Waals surface area contributed by atoms with Crippen LogP contribution in [0.4, 0.5) is 11.6 Å². The Kier molecular flexibility index (Phi) is 2.67. The number of nitrogens with zero attached hydrogens (tertiary/aromatic N) is 1. The van der Waals surface area contributed by atoms with E-state index in [1.165, 1.54) is 0 Å². The van der Waals surface area contributed by atoms with Crippen molar-refractivity contribution < 1.29 is 9.78 Å². The molecule has 0 aromatic carbocycles. The number of hydrogen-bond acceptors (Lipinski definition) is 3. The highest BCUT2D eigenvalue weighted by Crippen LogP contribution is 2.24. The molecule has 64 valence electrons. The summed E-state index contributed by atoms with van der Waals surface area (Å²) in [4.78, 5) is 16.2. The van der Waals surface area contributed by atoms with E-state index >= 15 is 0 Å². The van der Waals surface area contributed by atoms with Gasteiger partial charge in [-0.05, 0) is 23.2 Å². The minimum Gasteiger partial charge on any atom is -0.321 e. The summed E-state index contributed by atoms with van der Waals surface area (Å²) < 4.78 is 0. The molecule has 1 aromatic rings. The van der Waals surface area contributed by atoms with Crippen LogP contribution in [0, 0.1) is 0 Å². The Morgan fingerprint density at radius 3 is 2.75 bits per heavy atom. The van der Waals surface area contributed by atoms with E-state index in [0.717, 1.165) is 0 Å². The second-order valence-electron chi connectivity index (χ2n) is 1.86. The topological polar surface area (TPSA) is 82.1 Å². The summed E-state index contributed by atoms with van der Waals surface area (Å²) in [7, 11) is 0. The maximum Gasteiger partial charge on any atom is 0.389 e. The molecule has 0 radical (unpaired) electrons. The smallest absolute Gasteiger partial charge is 0.321 e. The van der Waals surface area contributed by atoms with Crippen molar-refractivity contribution in [1.29, 1.82) is 0 Å². The molecule has 1 rings (SSSR count). The van der Waals surface area contributed by atoms with E-state index in [9.17, 15) is 4.79 Å². The summed E-state index contributed by atoms with van der Waals surface area (Å²) >= 11 is 11.2. The molecular formula is C5H5Cl2N4O+. The number of H-pyrrole nitrogens is 1. The molecule has 1 aromatic heterocycles. The minimum absolute atomic E-state index is 0.0448. The fraction of sp³-hybridized carbons (Fsp3) is 0. The lowest BCUT2D eigenvalue weighted by Crippen LogP contribution is -2.16. The number of nitrogens with two attached hydrogens (primary N) is 1. The zero-order valence-corrected chi connectivity index (χ0v) is 7.28. The first-order valence-corrected chi connectivity index (χ1v) is 3.64. The van der Waals surface area contributed by atoms with Gasteiger partial charge in [0.15, 0.2) is 5.15 Å². The van der Waals surface area contributed by atoms with E-state index < -0.39 is 0 Å². The van der Waals surface area contributed by atoms with Gasteiger partial charge in [0.1, 0.15) is 5.69 Å². The molecule has 1 amide bonds. The number of carbonyl (C=O) groups is 1. The number of aromatic amines is 1. The maximum atomic E-state index is 10.1. The summed E-state index contributed by atoms with van der Waals surface area (Å²) in [5.41, 5.74) is 5.48. The molecule has 0 saturated heterocycles. The predicted octanol–water partition coefficient (Wildman–Crippen LogP) is 0.353. The van der Waals surface area contributed by atoms with Gasteiger partial charge >= 0.3 is 5.95 Å². The summed E-state index contributed by atoms with van der Waals surface area (Å²) in [6.45, 7) is 0. The van der Waals surface area contributed by atoms with Crippen molar-refractivity contribution in [2.45, 2.75) is 0 Å². The summed E-state index contributed by atoms with van der Waals surface area (Å²) in [5.74, 6) is 0.0847. The monoisotopic (exact) mass is 207 g/mol. The van der Waals surface area contributed by atoms with Crippen molar-refractivity contribution >= 4 is 41.2 Å². The van der Waals surface area contributed by atoms with Crippen LogP contribution in [0.15, 0.2) is 0 Å². The Bertz CT molecular complexity index is 293. The molecule has 5 nitrogen and oxygen atoms in total. The van der Waals surface area contributed by atoms with Gasteiger partial charge < -0.3 is 5.32 Å². The molecule has 0 aliphatic rings. The van der Waals surface area contributed by atoms with Gasteiger partial charge in [-0.2, -0.15) is 0 Å². The quantitative estimate of drug-likeness (QED) is 0.543. The van der Waals surface area contributed by atoms with E-state index in [1.54, 1.807) is 0 Å². The largest absolute Gasteiger partial charge is 0.389 e. The normalized spacial score (nSPS) is 9.50. The molecule has 0 saturated carbocycles. The lowest BCUT2D eigenvalue weighted by molar-refractivity contribution is -0.360. The molecular weight excluding hydrogens is 203 g/mol. The number of nitrogen functional groups attached to an aromatic ring is 1. The SMILES string of the molecule is Nc1nc(Cl)c(NC=O)c(Cl)[nH+]1. The van der Waals surface area contributed by atoms with Crippen LogP contribution in [0.3, 0.4) is 0 Å². The van der Waals surface area contributed by atoms with Crippen molar-refractivity contribution in [2.24, 2.45) is 0 Å². The van der Waals surface area contributed by atoms with Gasteiger partial charge in [-0.3, -0.25) is 10.5 Å². The summed E-state index contributed by atoms with van der Waals surface area (Å²) in [6, 6.07) is 0. The van der Waals surface area contributed by atoms with Crippen LogP contribution < -0.4 is 16.0 Å². The van der Waals surface area contributed by atoms with Crippen LogP contribution in [0.2, 0.25) is 10.3 Å². The first-order valence-electron chi connectivity index (χ1n) is 2.89. The Labute approximate surface area is 77.9 Å². The fourth-order valence-electron chi connectivity index (χ4n) is 0.637. The minimum atomic E-state index is 0.0448. The number of nitrogens with one attached hydrogen (secondary N) is 2. The number of hydrogen-bond donors (Lipinski definition) is 2. The molecule has 0 spiro atoms. The Morgan fingerprint density at radius 1 is 1.58 bits per heavy atom. The number of anilines is 2. The van der Waals surface area contributed by atoms with Gasteiger partial charge in [0.2, 0.25) is 11.6 Å². The first-order chi connectivity index (χ1) is 5.65. The lowest BCUT2D eigenvalue weighted by atomic mass is 10.5. The van der Waals surface area contributed by atoms with Gasteiger partial charge in [-0.1, -0.05) is 4.98 Å². The number of carbonyl (C=O) groups excluding carboxylic acids is 1. The maximum absolute atomic E-state index is 10.1. The lowest BCUT2D eigenvalue weighted by Gasteiger charge is -1.98. The Balaban J connectivity index is 3.18. The van der Waals surface area contributed by atoms with Gasteiger partial charge in [0, 0.05) is 0 Å². The molecule has 0 fully saturated rings. The molecule has 0 bridgehead atoms. The third-order valence-corrected chi connectivity index (χ3v) is 1.64. The number of amides is 1. The van der Waals surface area contributed by atoms with Crippen LogP contribution >= 0.6 is 23.2 Å². The summed E-state index contributed by atoms with van der Waals surface area (Å²) in [6.07, 6.45) is 0.443. The van der Waals surface area contributed by atoms with Gasteiger partial charge in [-0.15, -0.1) is 0 Å². The van der Waals surface area contributed by atoms with E-state index in [-0.39, 0.29) is 21.9 Å². The van der Waals surface area contributed by atoms with E-state index in [1.807, 2.05) is 0 Å². The van der Waals surface area contributed by atoms with Crippen molar-refractivity contribution in [1.82, 2.24) is 4.98 Å². The van der Waals surface area contributed by atoms with Crippen molar-refractivity contribution in [3.8, 4) is 0 Å². The average molecular weight is 208 g/mol. The van der Waals surface area contributed by atoms with Crippen molar-refractivity contribution in [2.75, 3.05) is 11.1 Å². The number of rotatable bonds is 2. The third kappa shape index (κ3) is 1.75. The van der Waals surface area contributed by atoms with Crippen molar-refractivity contribution in [3.05, 3.63) is 10.3 Å². The third-order valence-electron chi connectivity index (χ3n) is 1.09. The summed E-state index contributed by atoms with van der Waals surface area (Å²) in [5, 5.41) is 2.46. The molecule has 0 atom stereocenters. The van der Waals surface area contributed by atoms with Crippen LogP contribution in [-0.2, 0) is 4.79 Å². The first kappa shape index (κ1) is 9.02. The zero-order chi connectivity index (χ0) is 9.14. The van der Waals surface area contributed by atoms with Gasteiger partial charge in [-0.25, -0.2) is 4.98 Å².